The van der Waals surface area contributed by atoms with Crippen molar-refractivity contribution >= 4 is 34.8 Å². The summed E-state index contributed by atoms with van der Waals surface area (Å²) in [4.78, 5) is 32.2. The number of rotatable bonds is 2. The number of hydrogen-bond donors (Lipinski definition) is 0. The molecule has 2 aromatic carbocycles. The van der Waals surface area contributed by atoms with Gasteiger partial charge in [0, 0.05) is 16.7 Å². The largest absolute Gasteiger partial charge is 0.454 e. The van der Waals surface area contributed by atoms with Crippen LogP contribution in [-0.2, 0) is 14.4 Å². The lowest BCUT2D eigenvalue weighted by Gasteiger charge is -2.16. The van der Waals surface area contributed by atoms with Gasteiger partial charge in [-0.2, -0.15) is 0 Å². The molecule has 0 bridgehead atoms. The molecule has 26 heavy (non-hydrogen) atoms. The zero-order valence-electron chi connectivity index (χ0n) is 13.2. The van der Waals surface area contributed by atoms with Crippen LogP contribution in [0.5, 0.6) is 11.5 Å². The van der Waals surface area contributed by atoms with Gasteiger partial charge in [0.1, 0.15) is 11.6 Å². The highest BCUT2D eigenvalue weighted by Crippen LogP contribution is 2.40. The first kappa shape index (κ1) is 15.2. The minimum Gasteiger partial charge on any atom is -0.454 e. The molecule has 0 radical (unpaired) electrons. The SMILES string of the molecule is O=C1[C@H]2C(c3ccccc3Cl)=NO[C@@H]2C(=O)N1c1ccc2c(c1)OCO2. The maximum absolute atomic E-state index is 13.0. The van der Waals surface area contributed by atoms with Crippen molar-refractivity contribution in [3.8, 4) is 11.5 Å². The average molecular weight is 371 g/mol. The zero-order valence-corrected chi connectivity index (χ0v) is 14.0. The Hall–Kier alpha value is -3.06. The number of hydrogen-bond acceptors (Lipinski definition) is 6. The number of nitrogens with zero attached hydrogens (tertiary/aromatic N) is 2. The predicted molar refractivity (Wildman–Crippen MR) is 91.4 cm³/mol. The van der Waals surface area contributed by atoms with Crippen LogP contribution in [0.15, 0.2) is 47.6 Å². The summed E-state index contributed by atoms with van der Waals surface area (Å²) >= 11 is 6.22. The number of fused-ring (bicyclic) bond motifs is 2. The standard InChI is InChI=1S/C18H11ClN2O5/c19-11-4-2-1-3-10(11)15-14-16(26-20-15)18(23)21(17(14)22)9-5-6-12-13(7-9)25-8-24-12/h1-7,14,16H,8H2/t14-,16-/m0/s1. The lowest BCUT2D eigenvalue weighted by molar-refractivity contribution is -0.126. The van der Waals surface area contributed by atoms with E-state index in [1.165, 1.54) is 0 Å². The third-order valence-corrected chi connectivity index (χ3v) is 4.91. The number of benzene rings is 2. The lowest BCUT2D eigenvalue weighted by atomic mass is 9.94. The van der Waals surface area contributed by atoms with E-state index in [4.69, 9.17) is 25.9 Å². The van der Waals surface area contributed by atoms with Gasteiger partial charge in [0.25, 0.3) is 5.91 Å². The second kappa shape index (κ2) is 5.47. The van der Waals surface area contributed by atoms with Crippen LogP contribution in [0, 0.1) is 5.92 Å². The number of amides is 2. The Morgan fingerprint density at radius 2 is 1.85 bits per heavy atom. The van der Waals surface area contributed by atoms with Crippen molar-refractivity contribution in [3.05, 3.63) is 53.1 Å². The smallest absolute Gasteiger partial charge is 0.278 e. The maximum Gasteiger partial charge on any atom is 0.278 e. The fourth-order valence-corrected chi connectivity index (χ4v) is 3.58. The fourth-order valence-electron chi connectivity index (χ4n) is 3.35. The van der Waals surface area contributed by atoms with Crippen molar-refractivity contribution in [1.82, 2.24) is 0 Å². The molecule has 5 rings (SSSR count). The van der Waals surface area contributed by atoms with Crippen LogP contribution in [0.25, 0.3) is 0 Å². The molecule has 1 saturated heterocycles. The van der Waals surface area contributed by atoms with Crippen LogP contribution in [0.1, 0.15) is 5.56 Å². The molecule has 130 valence electrons. The summed E-state index contributed by atoms with van der Waals surface area (Å²) in [7, 11) is 0. The lowest BCUT2D eigenvalue weighted by Crippen LogP contribution is -2.33. The first-order valence-electron chi connectivity index (χ1n) is 7.91. The second-order valence-electron chi connectivity index (χ2n) is 6.01. The van der Waals surface area contributed by atoms with Gasteiger partial charge in [0.2, 0.25) is 18.8 Å². The topological polar surface area (TPSA) is 77.4 Å². The van der Waals surface area contributed by atoms with Crippen molar-refractivity contribution < 1.29 is 23.9 Å². The van der Waals surface area contributed by atoms with E-state index in [1.54, 1.807) is 42.5 Å². The summed E-state index contributed by atoms with van der Waals surface area (Å²) in [5.41, 5.74) is 1.35. The third-order valence-electron chi connectivity index (χ3n) is 4.58. The van der Waals surface area contributed by atoms with E-state index >= 15 is 0 Å². The van der Waals surface area contributed by atoms with Gasteiger partial charge < -0.3 is 14.3 Å². The molecule has 0 aromatic heterocycles. The average Bonchev–Trinajstić information content (AvgIpc) is 3.33. The molecule has 3 aliphatic heterocycles. The Kier molecular flexibility index (Phi) is 3.20. The van der Waals surface area contributed by atoms with Gasteiger partial charge in [-0.1, -0.05) is 35.0 Å². The van der Waals surface area contributed by atoms with Gasteiger partial charge in [-0.15, -0.1) is 0 Å². The number of ether oxygens (including phenoxy) is 2. The Morgan fingerprint density at radius 1 is 1.04 bits per heavy atom. The molecule has 2 amide bonds. The Labute approximate surface area is 152 Å². The predicted octanol–water partition coefficient (Wildman–Crippen LogP) is 2.36. The number of carbonyl (C=O) groups excluding carboxylic acids is 2. The van der Waals surface area contributed by atoms with Crippen LogP contribution < -0.4 is 14.4 Å². The highest BCUT2D eigenvalue weighted by atomic mass is 35.5. The van der Waals surface area contributed by atoms with E-state index in [0.717, 1.165) is 4.90 Å². The number of halogens is 1. The normalized spacial score (nSPS) is 23.1. The molecule has 8 heteroatoms. The van der Waals surface area contributed by atoms with Gasteiger partial charge >= 0.3 is 0 Å². The van der Waals surface area contributed by atoms with Gasteiger partial charge in [-0.25, -0.2) is 4.90 Å². The quantitative estimate of drug-likeness (QED) is 0.758. The molecule has 0 N–H and O–H groups in total. The van der Waals surface area contributed by atoms with E-state index in [1.807, 2.05) is 0 Å². The van der Waals surface area contributed by atoms with Crippen LogP contribution in [0.4, 0.5) is 5.69 Å². The van der Waals surface area contributed by atoms with Gasteiger partial charge in [-0.05, 0) is 18.2 Å². The number of carbonyl (C=O) groups is 2. The van der Waals surface area contributed by atoms with Crippen molar-refractivity contribution in [2.75, 3.05) is 11.7 Å². The summed E-state index contributed by atoms with van der Waals surface area (Å²) in [6.07, 6.45) is -0.987. The van der Waals surface area contributed by atoms with E-state index in [2.05, 4.69) is 5.16 Å². The monoisotopic (exact) mass is 370 g/mol. The second-order valence-corrected chi connectivity index (χ2v) is 6.42. The number of oxime groups is 1. The Morgan fingerprint density at radius 3 is 2.69 bits per heavy atom. The summed E-state index contributed by atoms with van der Waals surface area (Å²) in [5, 5.41) is 4.40. The molecule has 7 nitrogen and oxygen atoms in total. The Balaban J connectivity index is 1.53. The summed E-state index contributed by atoms with van der Waals surface area (Å²) < 4.78 is 10.6. The molecule has 0 unspecified atom stereocenters. The Bertz CT molecular complexity index is 989. The van der Waals surface area contributed by atoms with E-state index in [-0.39, 0.29) is 6.79 Å². The molecule has 2 atom stereocenters. The summed E-state index contributed by atoms with van der Waals surface area (Å²) in [6, 6.07) is 11.9. The van der Waals surface area contributed by atoms with Crippen molar-refractivity contribution in [1.29, 1.82) is 0 Å². The first-order chi connectivity index (χ1) is 12.6. The van der Waals surface area contributed by atoms with Crippen molar-refractivity contribution in [2.45, 2.75) is 6.10 Å². The van der Waals surface area contributed by atoms with E-state index in [0.29, 0.717) is 33.5 Å². The van der Waals surface area contributed by atoms with Crippen LogP contribution in [0.2, 0.25) is 5.02 Å². The molecule has 0 spiro atoms. The summed E-state index contributed by atoms with van der Waals surface area (Å²) in [5.74, 6) is -0.642. The van der Waals surface area contributed by atoms with Crippen LogP contribution >= 0.6 is 11.6 Å². The van der Waals surface area contributed by atoms with Gasteiger partial charge in [-0.3, -0.25) is 9.59 Å². The molecular formula is C18H11ClN2O5. The van der Waals surface area contributed by atoms with Crippen LogP contribution in [0.3, 0.4) is 0 Å². The first-order valence-corrected chi connectivity index (χ1v) is 8.29. The highest BCUT2D eigenvalue weighted by Gasteiger charge is 2.56. The molecule has 3 heterocycles. The van der Waals surface area contributed by atoms with Crippen molar-refractivity contribution in [3.63, 3.8) is 0 Å². The fraction of sp³-hybridized carbons (Fsp3) is 0.167. The van der Waals surface area contributed by atoms with Crippen LogP contribution in [-0.4, -0.2) is 30.4 Å². The maximum atomic E-state index is 13.0. The zero-order chi connectivity index (χ0) is 17.8. The summed E-state index contributed by atoms with van der Waals surface area (Å²) in [6.45, 7) is 0.109. The molecule has 2 aromatic rings. The molecule has 0 saturated carbocycles. The third kappa shape index (κ3) is 2.04. The van der Waals surface area contributed by atoms with E-state index < -0.39 is 23.8 Å². The minimum atomic E-state index is -0.987. The minimum absolute atomic E-state index is 0.109. The molecule has 0 aliphatic carbocycles. The van der Waals surface area contributed by atoms with Crippen molar-refractivity contribution in [2.24, 2.45) is 11.1 Å². The van der Waals surface area contributed by atoms with Gasteiger partial charge in [0.05, 0.1) is 5.69 Å². The van der Waals surface area contributed by atoms with Gasteiger partial charge in [0.15, 0.2) is 11.5 Å². The molecular weight excluding hydrogens is 360 g/mol. The highest BCUT2D eigenvalue weighted by molar-refractivity contribution is 6.38. The van der Waals surface area contributed by atoms with E-state index in [9.17, 15) is 9.59 Å². The molecule has 1 fully saturated rings. The molecule has 3 aliphatic rings. The number of anilines is 1. The number of imide groups is 1.